The summed E-state index contributed by atoms with van der Waals surface area (Å²) < 4.78 is 7.90. The minimum atomic E-state index is -1.06. The molecule has 0 saturated carbocycles. The number of carboxylic acid groups (broad SMARTS) is 1. The first-order valence-electron chi connectivity index (χ1n) is 11.2. The molecular formula is C25H38N2O5. The molecule has 7 nitrogen and oxygen atoms in total. The van der Waals surface area contributed by atoms with Gasteiger partial charge in [-0.2, -0.15) is 0 Å². The van der Waals surface area contributed by atoms with Gasteiger partial charge in [0.1, 0.15) is 5.75 Å². The van der Waals surface area contributed by atoms with E-state index in [0.717, 1.165) is 12.8 Å². The summed E-state index contributed by atoms with van der Waals surface area (Å²) in [5.74, 6) is 0.517. The Balaban J connectivity index is 2.90. The summed E-state index contributed by atoms with van der Waals surface area (Å²) in [6.07, 6.45) is 0.719. The summed E-state index contributed by atoms with van der Waals surface area (Å²) in [5, 5.41) is 20.7. The van der Waals surface area contributed by atoms with E-state index in [2.05, 4.69) is 6.92 Å². The molecule has 2 N–H and O–H groups in total. The molecular weight excluding hydrogens is 408 g/mol. The lowest BCUT2D eigenvalue weighted by Crippen LogP contribution is -2.45. The van der Waals surface area contributed by atoms with Crippen LogP contribution in [-0.2, 0) is 19.7 Å². The number of aromatic nitrogens is 1. The molecule has 0 radical (unpaired) electrons. The highest BCUT2D eigenvalue weighted by molar-refractivity contribution is 5.89. The number of unbranched alkanes of at least 4 members (excludes halogenated alkanes) is 1. The fourth-order valence-corrected chi connectivity index (χ4v) is 3.63. The van der Waals surface area contributed by atoms with Crippen LogP contribution in [0.1, 0.15) is 72.6 Å². The number of hydrogen-bond donors (Lipinski definition) is 2. The molecule has 0 bridgehead atoms. The number of pyridine rings is 1. The van der Waals surface area contributed by atoms with Crippen LogP contribution in [-0.4, -0.2) is 37.9 Å². The van der Waals surface area contributed by atoms with Crippen molar-refractivity contribution in [3.63, 3.8) is 0 Å². The third-order valence-corrected chi connectivity index (χ3v) is 5.30. The molecule has 1 amide bonds. The second-order valence-electron chi connectivity index (χ2n) is 10.5. The van der Waals surface area contributed by atoms with E-state index in [-0.39, 0.29) is 24.1 Å². The Morgan fingerprint density at radius 1 is 1.12 bits per heavy atom. The van der Waals surface area contributed by atoms with E-state index in [9.17, 15) is 19.8 Å². The Kier molecular flexibility index (Phi) is 7.99. The number of nitrogens with zero attached hydrogens (tertiary/aromatic N) is 2. The van der Waals surface area contributed by atoms with Gasteiger partial charge < -0.3 is 19.5 Å². The molecule has 0 aliphatic carbocycles. The molecule has 2 rings (SSSR count). The van der Waals surface area contributed by atoms with Gasteiger partial charge in [0, 0.05) is 17.5 Å². The summed E-state index contributed by atoms with van der Waals surface area (Å²) in [6, 6.07) is 5.22. The predicted molar refractivity (Wildman–Crippen MR) is 127 cm³/mol. The Hall–Kier alpha value is -2.54. The zero-order valence-corrected chi connectivity index (χ0v) is 20.5. The van der Waals surface area contributed by atoms with Crippen molar-refractivity contribution in [3.8, 4) is 5.75 Å². The monoisotopic (exact) mass is 446 g/mol. The summed E-state index contributed by atoms with van der Waals surface area (Å²) in [5.41, 5.74) is 0.144. The normalized spacial score (nSPS) is 12.2. The third kappa shape index (κ3) is 6.03. The maximum atomic E-state index is 13.6. The van der Waals surface area contributed by atoms with E-state index < -0.39 is 11.6 Å². The van der Waals surface area contributed by atoms with Crippen molar-refractivity contribution in [1.29, 1.82) is 0 Å². The van der Waals surface area contributed by atoms with Gasteiger partial charge in [0.2, 0.25) is 0 Å². The molecule has 178 valence electrons. The lowest BCUT2D eigenvalue weighted by molar-refractivity contribution is 0.0924. The summed E-state index contributed by atoms with van der Waals surface area (Å²) >= 11 is 0. The van der Waals surface area contributed by atoms with Gasteiger partial charge in [-0.3, -0.25) is 9.69 Å². The third-order valence-electron chi connectivity index (χ3n) is 5.30. The number of ether oxygens (including phenoxy) is 1. The number of rotatable bonds is 8. The van der Waals surface area contributed by atoms with Gasteiger partial charge in [-0.25, -0.2) is 4.79 Å². The van der Waals surface area contributed by atoms with E-state index in [0.29, 0.717) is 40.9 Å². The van der Waals surface area contributed by atoms with E-state index in [4.69, 9.17) is 4.74 Å². The van der Waals surface area contributed by atoms with Crippen molar-refractivity contribution in [2.75, 3.05) is 6.61 Å². The maximum absolute atomic E-state index is 13.6. The molecule has 7 heteroatoms. The highest BCUT2D eigenvalue weighted by Crippen LogP contribution is 2.33. The summed E-state index contributed by atoms with van der Waals surface area (Å²) in [6.45, 7) is 14.4. The van der Waals surface area contributed by atoms with Crippen LogP contribution in [0.4, 0.5) is 4.79 Å². The molecule has 0 atom stereocenters. The van der Waals surface area contributed by atoms with Crippen LogP contribution in [0.3, 0.4) is 0 Å². The van der Waals surface area contributed by atoms with Gasteiger partial charge in [0.15, 0.2) is 0 Å². The maximum Gasteiger partial charge on any atom is 0.408 e. The van der Waals surface area contributed by atoms with Crippen molar-refractivity contribution in [2.24, 2.45) is 5.41 Å². The second kappa shape index (κ2) is 9.94. The second-order valence-corrected chi connectivity index (χ2v) is 10.5. The van der Waals surface area contributed by atoms with Gasteiger partial charge >= 0.3 is 6.09 Å². The van der Waals surface area contributed by atoms with Crippen molar-refractivity contribution in [2.45, 2.75) is 86.5 Å². The van der Waals surface area contributed by atoms with Gasteiger partial charge in [0.25, 0.3) is 5.56 Å². The Morgan fingerprint density at radius 3 is 2.28 bits per heavy atom. The quantitative estimate of drug-likeness (QED) is 0.557. The van der Waals surface area contributed by atoms with Crippen LogP contribution >= 0.6 is 0 Å². The summed E-state index contributed by atoms with van der Waals surface area (Å²) in [4.78, 5) is 27.0. The minimum Gasteiger partial charge on any atom is -0.491 e. The molecule has 0 saturated heterocycles. The van der Waals surface area contributed by atoms with Crippen LogP contribution in [0.25, 0.3) is 10.8 Å². The molecule has 0 fully saturated rings. The summed E-state index contributed by atoms with van der Waals surface area (Å²) in [7, 11) is 0. The Morgan fingerprint density at radius 2 is 1.78 bits per heavy atom. The predicted octanol–water partition coefficient (Wildman–Crippen LogP) is 5.00. The number of aliphatic hydroxyl groups excluding tert-OH is 1. The number of amides is 1. The molecule has 0 aliphatic rings. The average molecular weight is 447 g/mol. The molecule has 1 aromatic carbocycles. The van der Waals surface area contributed by atoms with Crippen molar-refractivity contribution in [1.82, 2.24) is 9.47 Å². The average Bonchev–Trinajstić information content (AvgIpc) is 2.67. The van der Waals surface area contributed by atoms with Crippen LogP contribution in [0.15, 0.2) is 23.0 Å². The molecule has 0 unspecified atom stereocenters. The number of carbonyl (C=O) groups is 1. The molecule has 1 heterocycles. The van der Waals surface area contributed by atoms with Crippen molar-refractivity contribution in [3.05, 3.63) is 39.8 Å². The van der Waals surface area contributed by atoms with E-state index in [1.54, 1.807) is 22.8 Å². The Bertz CT molecular complexity index is 1010. The number of hydrogen-bond acceptors (Lipinski definition) is 4. The van der Waals surface area contributed by atoms with Crippen LogP contribution in [0, 0.1) is 5.41 Å². The van der Waals surface area contributed by atoms with E-state index >= 15 is 0 Å². The standard InChI is InChI=1S/C25H38N2O5/c1-8-9-12-32-21-19-13-17(15-28)10-11-18(19)22(29)26(16-24(2,3)4)20(21)14-27(23(30)31)25(5,6)7/h10-11,13,28H,8-9,12,14-16H2,1-7H3,(H,30,31). The number of fused-ring (bicyclic) bond motifs is 1. The Labute approximate surface area is 190 Å². The number of benzene rings is 1. The fourth-order valence-electron chi connectivity index (χ4n) is 3.63. The van der Waals surface area contributed by atoms with Crippen LogP contribution in [0.5, 0.6) is 5.75 Å². The topological polar surface area (TPSA) is 92.0 Å². The van der Waals surface area contributed by atoms with E-state index in [1.807, 2.05) is 41.5 Å². The zero-order chi connectivity index (χ0) is 24.3. The smallest absolute Gasteiger partial charge is 0.408 e. The van der Waals surface area contributed by atoms with Gasteiger partial charge in [0.05, 0.1) is 30.8 Å². The van der Waals surface area contributed by atoms with Crippen molar-refractivity contribution < 1.29 is 19.7 Å². The SMILES string of the molecule is CCCCOc1c(CN(C(=O)O)C(C)(C)C)n(CC(C)(C)C)c(=O)c2ccc(CO)cc12. The van der Waals surface area contributed by atoms with Crippen molar-refractivity contribution >= 4 is 16.9 Å². The molecule has 32 heavy (non-hydrogen) atoms. The molecule has 2 aromatic rings. The minimum absolute atomic E-state index is 0.0188. The first kappa shape index (κ1) is 25.7. The number of aliphatic hydroxyl groups is 1. The fraction of sp³-hybridized carbons (Fsp3) is 0.600. The lowest BCUT2D eigenvalue weighted by atomic mass is 9.95. The molecule has 1 aromatic heterocycles. The first-order valence-corrected chi connectivity index (χ1v) is 11.2. The lowest BCUT2D eigenvalue weighted by Gasteiger charge is -2.35. The largest absolute Gasteiger partial charge is 0.491 e. The highest BCUT2D eigenvalue weighted by Gasteiger charge is 2.30. The zero-order valence-electron chi connectivity index (χ0n) is 20.5. The molecule has 0 aliphatic heterocycles. The van der Waals surface area contributed by atoms with E-state index in [1.165, 1.54) is 4.90 Å². The van der Waals surface area contributed by atoms with Gasteiger partial charge in [-0.05, 0) is 50.3 Å². The van der Waals surface area contributed by atoms with Gasteiger partial charge in [-0.1, -0.05) is 40.2 Å². The van der Waals surface area contributed by atoms with Crippen LogP contribution in [0.2, 0.25) is 0 Å². The first-order chi connectivity index (χ1) is 14.8. The van der Waals surface area contributed by atoms with Crippen LogP contribution < -0.4 is 10.3 Å². The highest BCUT2D eigenvalue weighted by atomic mass is 16.5. The molecule has 0 spiro atoms. The van der Waals surface area contributed by atoms with Gasteiger partial charge in [-0.15, -0.1) is 0 Å².